The lowest BCUT2D eigenvalue weighted by Crippen LogP contribution is -2.33. The fourth-order valence-electron chi connectivity index (χ4n) is 3.71. The highest BCUT2D eigenvalue weighted by molar-refractivity contribution is 6.06. The Morgan fingerprint density at radius 1 is 0.906 bits per heavy atom. The van der Waals surface area contributed by atoms with Crippen LogP contribution in [-0.4, -0.2) is 18.0 Å². The molecule has 0 unspecified atom stereocenters. The van der Waals surface area contributed by atoms with E-state index in [-0.39, 0.29) is 18.0 Å². The Morgan fingerprint density at radius 3 is 2.34 bits per heavy atom. The van der Waals surface area contributed by atoms with Crippen LogP contribution >= 0.6 is 0 Å². The molecule has 1 amide bonds. The van der Waals surface area contributed by atoms with E-state index in [9.17, 15) is 9.59 Å². The van der Waals surface area contributed by atoms with Gasteiger partial charge in [0.1, 0.15) is 5.75 Å². The molecule has 1 heterocycles. The number of H-pyrrole nitrogens is 1. The highest BCUT2D eigenvalue weighted by Crippen LogP contribution is 2.24. The molecule has 5 heteroatoms. The van der Waals surface area contributed by atoms with Crippen molar-refractivity contribution in [2.24, 2.45) is 0 Å². The van der Waals surface area contributed by atoms with Crippen LogP contribution < -0.4 is 15.2 Å². The third-order valence-electron chi connectivity index (χ3n) is 5.79. The molecule has 0 aliphatic carbocycles. The van der Waals surface area contributed by atoms with Crippen molar-refractivity contribution in [2.45, 2.75) is 27.3 Å². The number of carbonyl (C=O) groups is 1. The summed E-state index contributed by atoms with van der Waals surface area (Å²) >= 11 is 0. The number of amides is 1. The van der Waals surface area contributed by atoms with E-state index in [0.717, 1.165) is 33.3 Å². The molecule has 1 aromatic heterocycles. The minimum atomic E-state index is -0.195. The maximum Gasteiger partial charge on any atom is 0.258 e. The van der Waals surface area contributed by atoms with E-state index in [0.29, 0.717) is 16.9 Å². The van der Waals surface area contributed by atoms with Gasteiger partial charge in [-0.3, -0.25) is 9.59 Å². The number of aromatic amines is 1. The molecule has 0 saturated heterocycles. The number of anilines is 1. The molecule has 3 aromatic carbocycles. The zero-order valence-corrected chi connectivity index (χ0v) is 18.7. The number of hydrogen-bond donors (Lipinski definition) is 1. The van der Waals surface area contributed by atoms with Gasteiger partial charge in [0.05, 0.1) is 13.7 Å². The van der Waals surface area contributed by atoms with Gasteiger partial charge in [0.25, 0.3) is 11.5 Å². The fourth-order valence-corrected chi connectivity index (χ4v) is 3.71. The lowest BCUT2D eigenvalue weighted by atomic mass is 10.1. The summed E-state index contributed by atoms with van der Waals surface area (Å²) in [6.07, 6.45) is 0. The van der Waals surface area contributed by atoms with Gasteiger partial charge in [-0.25, -0.2) is 0 Å². The van der Waals surface area contributed by atoms with Crippen LogP contribution in [0.3, 0.4) is 0 Å². The first-order chi connectivity index (χ1) is 15.4. The van der Waals surface area contributed by atoms with E-state index in [2.05, 4.69) is 4.98 Å². The zero-order chi connectivity index (χ0) is 22.8. The van der Waals surface area contributed by atoms with Gasteiger partial charge >= 0.3 is 0 Å². The molecule has 5 nitrogen and oxygen atoms in total. The Hall–Kier alpha value is -3.86. The van der Waals surface area contributed by atoms with E-state index >= 15 is 0 Å². The highest BCUT2D eigenvalue weighted by atomic mass is 16.5. The molecule has 0 bridgehead atoms. The second-order valence-corrected chi connectivity index (χ2v) is 8.10. The molecule has 0 aliphatic rings. The Balaban J connectivity index is 1.78. The minimum absolute atomic E-state index is 0.159. The molecule has 4 aromatic rings. The predicted molar refractivity (Wildman–Crippen MR) is 129 cm³/mol. The quantitative estimate of drug-likeness (QED) is 0.470. The first-order valence-corrected chi connectivity index (χ1v) is 10.5. The van der Waals surface area contributed by atoms with Crippen molar-refractivity contribution >= 4 is 22.5 Å². The van der Waals surface area contributed by atoms with Crippen LogP contribution in [0.1, 0.15) is 32.6 Å². The van der Waals surface area contributed by atoms with Crippen LogP contribution in [0.25, 0.3) is 10.9 Å². The third kappa shape index (κ3) is 4.28. The van der Waals surface area contributed by atoms with Crippen molar-refractivity contribution < 1.29 is 9.53 Å². The molecule has 1 N–H and O–H groups in total. The number of pyridine rings is 1. The van der Waals surface area contributed by atoms with E-state index < -0.39 is 0 Å². The fraction of sp³-hybridized carbons (Fsp3) is 0.185. The Bertz CT molecular complexity index is 1350. The molecule has 0 atom stereocenters. The molecular formula is C27H26N2O3. The summed E-state index contributed by atoms with van der Waals surface area (Å²) in [7, 11) is 1.59. The van der Waals surface area contributed by atoms with Gasteiger partial charge in [-0.15, -0.1) is 0 Å². The standard InChI is InChI=1S/C27H26N2O3/c1-17-5-7-21-15-22(26(30)28-25(21)13-17)16-29(23-10-6-18(2)19(3)14-23)27(31)20-8-11-24(32-4)12-9-20/h5-15H,16H2,1-4H3,(H,28,30). The van der Waals surface area contributed by atoms with Crippen molar-refractivity contribution in [1.82, 2.24) is 4.98 Å². The minimum Gasteiger partial charge on any atom is -0.497 e. The first-order valence-electron chi connectivity index (χ1n) is 10.5. The number of aryl methyl sites for hydroxylation is 3. The van der Waals surface area contributed by atoms with Crippen LogP contribution in [0, 0.1) is 20.8 Å². The van der Waals surface area contributed by atoms with Crippen LogP contribution in [0.2, 0.25) is 0 Å². The number of nitrogens with zero attached hydrogens (tertiary/aromatic N) is 1. The molecule has 4 rings (SSSR count). The highest BCUT2D eigenvalue weighted by Gasteiger charge is 2.20. The van der Waals surface area contributed by atoms with Crippen molar-refractivity contribution in [3.05, 3.63) is 105 Å². The van der Waals surface area contributed by atoms with E-state index in [1.807, 2.05) is 63.2 Å². The average molecular weight is 427 g/mol. The molecule has 0 spiro atoms. The van der Waals surface area contributed by atoms with Gasteiger partial charge in [0.15, 0.2) is 0 Å². The molecule has 32 heavy (non-hydrogen) atoms. The first kappa shape index (κ1) is 21.4. The maximum atomic E-state index is 13.5. The Kier molecular flexibility index (Phi) is 5.82. The summed E-state index contributed by atoms with van der Waals surface area (Å²) < 4.78 is 5.21. The summed E-state index contributed by atoms with van der Waals surface area (Å²) in [5.41, 5.74) is 5.70. The summed E-state index contributed by atoms with van der Waals surface area (Å²) in [4.78, 5) is 31.0. The van der Waals surface area contributed by atoms with Crippen molar-refractivity contribution in [2.75, 3.05) is 12.0 Å². The average Bonchev–Trinajstić information content (AvgIpc) is 2.79. The number of aromatic nitrogens is 1. The van der Waals surface area contributed by atoms with Crippen LogP contribution in [0.15, 0.2) is 71.5 Å². The van der Waals surface area contributed by atoms with Crippen molar-refractivity contribution in [3.8, 4) is 5.75 Å². The summed E-state index contributed by atoms with van der Waals surface area (Å²) in [5, 5.41) is 0.933. The van der Waals surface area contributed by atoms with E-state index in [1.165, 1.54) is 0 Å². The summed E-state index contributed by atoms with van der Waals surface area (Å²) in [5.74, 6) is 0.500. The van der Waals surface area contributed by atoms with Crippen LogP contribution in [-0.2, 0) is 6.54 Å². The molecule has 0 aliphatic heterocycles. The van der Waals surface area contributed by atoms with Gasteiger partial charge in [0, 0.05) is 22.3 Å². The van der Waals surface area contributed by atoms with Gasteiger partial charge in [0.2, 0.25) is 0 Å². The number of rotatable bonds is 5. The zero-order valence-electron chi connectivity index (χ0n) is 18.7. The monoisotopic (exact) mass is 426 g/mol. The third-order valence-corrected chi connectivity index (χ3v) is 5.79. The second kappa shape index (κ2) is 8.71. The number of fused-ring (bicyclic) bond motifs is 1. The smallest absolute Gasteiger partial charge is 0.258 e. The number of ether oxygens (including phenoxy) is 1. The van der Waals surface area contributed by atoms with Gasteiger partial charge < -0.3 is 14.6 Å². The number of hydrogen-bond acceptors (Lipinski definition) is 3. The molecule has 162 valence electrons. The van der Waals surface area contributed by atoms with Crippen LogP contribution in [0.4, 0.5) is 5.69 Å². The Labute approximate surface area is 187 Å². The molecular weight excluding hydrogens is 400 g/mol. The van der Waals surface area contributed by atoms with E-state index in [4.69, 9.17) is 4.74 Å². The summed E-state index contributed by atoms with van der Waals surface area (Å²) in [6.45, 7) is 6.19. The lowest BCUT2D eigenvalue weighted by Gasteiger charge is -2.24. The van der Waals surface area contributed by atoms with Crippen molar-refractivity contribution in [1.29, 1.82) is 0 Å². The largest absolute Gasteiger partial charge is 0.497 e. The number of methoxy groups -OCH3 is 1. The maximum absolute atomic E-state index is 13.5. The SMILES string of the molecule is COc1ccc(C(=O)N(Cc2cc3ccc(C)cc3[nH]c2=O)c2ccc(C)c(C)c2)cc1. The van der Waals surface area contributed by atoms with Gasteiger partial charge in [-0.1, -0.05) is 18.2 Å². The molecule has 0 saturated carbocycles. The normalized spacial score (nSPS) is 10.9. The van der Waals surface area contributed by atoms with Gasteiger partial charge in [-0.2, -0.15) is 0 Å². The number of benzene rings is 3. The lowest BCUT2D eigenvalue weighted by molar-refractivity contribution is 0.0985. The second-order valence-electron chi connectivity index (χ2n) is 8.10. The van der Waals surface area contributed by atoms with Crippen molar-refractivity contribution in [3.63, 3.8) is 0 Å². The Morgan fingerprint density at radius 2 is 1.66 bits per heavy atom. The molecule has 0 radical (unpaired) electrons. The van der Waals surface area contributed by atoms with Crippen LogP contribution in [0.5, 0.6) is 5.75 Å². The van der Waals surface area contributed by atoms with E-state index in [1.54, 1.807) is 36.3 Å². The predicted octanol–water partition coefficient (Wildman–Crippen LogP) is 5.31. The topological polar surface area (TPSA) is 62.4 Å². The number of nitrogens with one attached hydrogen (secondary N) is 1. The summed E-state index contributed by atoms with van der Waals surface area (Å²) in [6, 6.07) is 20.7. The van der Waals surface area contributed by atoms with Gasteiger partial charge in [-0.05, 0) is 91.4 Å². The molecule has 0 fully saturated rings. The number of carbonyl (C=O) groups excluding carboxylic acids is 1.